The van der Waals surface area contributed by atoms with Crippen LogP contribution in [0.2, 0.25) is 0 Å². The molecule has 2 aliphatic rings. The Hall–Kier alpha value is -2.49. The van der Waals surface area contributed by atoms with Crippen LogP contribution >= 0.6 is 0 Å². The predicted octanol–water partition coefficient (Wildman–Crippen LogP) is 4.61. The fourth-order valence-electron chi connectivity index (χ4n) is 3.59. The summed E-state index contributed by atoms with van der Waals surface area (Å²) in [7, 11) is 0. The number of hydrazone groups is 1. The van der Waals surface area contributed by atoms with Crippen LogP contribution in [0.15, 0.2) is 53.6 Å². The Labute approximate surface area is 149 Å². The van der Waals surface area contributed by atoms with Crippen LogP contribution in [0.1, 0.15) is 44.4 Å². The van der Waals surface area contributed by atoms with Crippen molar-refractivity contribution in [2.24, 2.45) is 11.0 Å². The zero-order chi connectivity index (χ0) is 17.4. The molecule has 2 aromatic carbocycles. The van der Waals surface area contributed by atoms with E-state index in [1.807, 2.05) is 25.1 Å². The van der Waals surface area contributed by atoms with Gasteiger partial charge in [0.2, 0.25) is 0 Å². The smallest absolute Gasteiger partial charge is 0.190 e. The number of fused-ring (bicyclic) bond motifs is 3. The zero-order valence-corrected chi connectivity index (χ0v) is 15.0. The second-order valence-electron chi connectivity index (χ2n) is 6.89. The van der Waals surface area contributed by atoms with Gasteiger partial charge in [-0.3, -0.25) is 0 Å². The fraction of sp³-hybridized carbons (Fsp3) is 0.381. The van der Waals surface area contributed by atoms with Crippen molar-refractivity contribution in [1.29, 1.82) is 0 Å². The molecule has 0 saturated heterocycles. The second-order valence-corrected chi connectivity index (χ2v) is 6.89. The molecule has 4 heteroatoms. The first kappa shape index (κ1) is 16.0. The van der Waals surface area contributed by atoms with Crippen molar-refractivity contribution in [1.82, 2.24) is 5.01 Å². The highest BCUT2D eigenvalue weighted by molar-refractivity contribution is 6.02. The average Bonchev–Trinajstić information content (AvgIpc) is 3.07. The minimum absolute atomic E-state index is 0.0277. The van der Waals surface area contributed by atoms with Gasteiger partial charge in [-0.05, 0) is 42.8 Å². The molecule has 0 aromatic heterocycles. The van der Waals surface area contributed by atoms with Gasteiger partial charge >= 0.3 is 0 Å². The van der Waals surface area contributed by atoms with Crippen LogP contribution < -0.4 is 9.47 Å². The zero-order valence-electron chi connectivity index (χ0n) is 15.0. The topological polar surface area (TPSA) is 34.1 Å². The lowest BCUT2D eigenvalue weighted by Crippen LogP contribution is -2.43. The second kappa shape index (κ2) is 6.43. The third kappa shape index (κ3) is 2.86. The monoisotopic (exact) mass is 336 g/mol. The summed E-state index contributed by atoms with van der Waals surface area (Å²) in [5.41, 5.74) is 3.49. The van der Waals surface area contributed by atoms with Gasteiger partial charge in [0.15, 0.2) is 6.23 Å². The Morgan fingerprint density at radius 1 is 1.16 bits per heavy atom. The van der Waals surface area contributed by atoms with Crippen molar-refractivity contribution in [3.8, 4) is 11.5 Å². The van der Waals surface area contributed by atoms with Crippen LogP contribution in [0.5, 0.6) is 11.5 Å². The summed E-state index contributed by atoms with van der Waals surface area (Å²) in [6, 6.07) is 16.8. The summed E-state index contributed by atoms with van der Waals surface area (Å²) in [5.74, 6) is 2.25. The molecule has 4 nitrogen and oxygen atoms in total. The van der Waals surface area contributed by atoms with E-state index in [-0.39, 0.29) is 12.3 Å². The van der Waals surface area contributed by atoms with Gasteiger partial charge < -0.3 is 9.47 Å². The average molecular weight is 336 g/mol. The van der Waals surface area contributed by atoms with Gasteiger partial charge in [-0.25, -0.2) is 5.01 Å². The molecule has 130 valence electrons. The van der Waals surface area contributed by atoms with Crippen LogP contribution in [0, 0.1) is 5.92 Å². The Morgan fingerprint density at radius 2 is 1.92 bits per heavy atom. The van der Waals surface area contributed by atoms with Gasteiger partial charge in [0, 0.05) is 17.9 Å². The maximum absolute atomic E-state index is 6.24. The molecule has 0 bridgehead atoms. The first-order valence-electron chi connectivity index (χ1n) is 9.02. The summed E-state index contributed by atoms with van der Waals surface area (Å²) >= 11 is 0. The summed E-state index contributed by atoms with van der Waals surface area (Å²) in [6.07, 6.45) is 0.873. The first-order chi connectivity index (χ1) is 12.2. The Kier molecular flexibility index (Phi) is 4.12. The highest BCUT2D eigenvalue weighted by atomic mass is 16.5. The molecule has 0 fully saturated rings. The van der Waals surface area contributed by atoms with Crippen molar-refractivity contribution in [2.45, 2.75) is 39.5 Å². The van der Waals surface area contributed by atoms with E-state index in [1.165, 1.54) is 5.56 Å². The van der Waals surface area contributed by atoms with Crippen LogP contribution in [0.4, 0.5) is 0 Å². The molecule has 0 radical (unpaired) electrons. The number of rotatable bonds is 4. The van der Waals surface area contributed by atoms with Crippen LogP contribution in [0.3, 0.4) is 0 Å². The van der Waals surface area contributed by atoms with Crippen molar-refractivity contribution in [3.63, 3.8) is 0 Å². The lowest BCUT2D eigenvalue weighted by Gasteiger charge is -2.39. The van der Waals surface area contributed by atoms with Gasteiger partial charge in [-0.1, -0.05) is 32.0 Å². The number of para-hydroxylation sites is 1. The molecular weight excluding hydrogens is 312 g/mol. The van der Waals surface area contributed by atoms with Crippen LogP contribution in [-0.4, -0.2) is 23.6 Å². The molecular formula is C21H24N2O2. The number of benzene rings is 2. The van der Waals surface area contributed by atoms with Gasteiger partial charge in [0.25, 0.3) is 0 Å². The van der Waals surface area contributed by atoms with E-state index in [0.29, 0.717) is 12.5 Å². The third-order valence-corrected chi connectivity index (χ3v) is 4.80. The Morgan fingerprint density at radius 3 is 2.64 bits per heavy atom. The molecule has 0 spiro atoms. The number of hydrogen-bond donors (Lipinski definition) is 0. The molecule has 0 amide bonds. The standard InChI is InChI=1S/C21H24N2O2/c1-4-24-16-11-9-15(10-12-16)18-13-19-17-7-5-6-8-20(17)25-21(14(2)3)23(19)22-18/h5-12,14,19,21H,4,13H2,1-3H3. The largest absolute Gasteiger partial charge is 0.494 e. The van der Waals surface area contributed by atoms with E-state index < -0.39 is 0 Å². The molecule has 25 heavy (non-hydrogen) atoms. The predicted molar refractivity (Wildman–Crippen MR) is 99.0 cm³/mol. The van der Waals surface area contributed by atoms with E-state index in [4.69, 9.17) is 14.6 Å². The van der Waals surface area contributed by atoms with E-state index in [9.17, 15) is 0 Å². The molecule has 2 heterocycles. The normalized spacial score (nSPS) is 21.4. The van der Waals surface area contributed by atoms with E-state index in [2.05, 4.69) is 49.2 Å². The summed E-state index contributed by atoms with van der Waals surface area (Å²) in [6.45, 7) is 7.04. The van der Waals surface area contributed by atoms with Gasteiger partial charge in [-0.2, -0.15) is 5.10 Å². The fourth-order valence-corrected chi connectivity index (χ4v) is 3.59. The lowest BCUT2D eigenvalue weighted by atomic mass is 9.95. The Balaban J connectivity index is 1.66. The van der Waals surface area contributed by atoms with Crippen molar-refractivity contribution < 1.29 is 9.47 Å². The number of nitrogens with zero attached hydrogens (tertiary/aromatic N) is 2. The minimum atomic E-state index is -0.0277. The molecule has 2 unspecified atom stereocenters. The highest BCUT2D eigenvalue weighted by Crippen LogP contribution is 2.44. The lowest BCUT2D eigenvalue weighted by molar-refractivity contribution is -0.0461. The van der Waals surface area contributed by atoms with E-state index in [1.54, 1.807) is 0 Å². The molecule has 2 aliphatic heterocycles. The van der Waals surface area contributed by atoms with Crippen molar-refractivity contribution >= 4 is 5.71 Å². The van der Waals surface area contributed by atoms with Gasteiger partial charge in [0.05, 0.1) is 18.4 Å². The molecule has 0 aliphatic carbocycles. The quantitative estimate of drug-likeness (QED) is 0.817. The summed E-state index contributed by atoms with van der Waals surface area (Å²) in [5, 5.41) is 7.09. The first-order valence-corrected chi connectivity index (χ1v) is 9.02. The SMILES string of the molecule is CCOc1ccc(C2=NN3C(C2)c2ccccc2OC3C(C)C)cc1. The number of ether oxygens (including phenoxy) is 2. The number of hydrogen-bond acceptors (Lipinski definition) is 4. The molecule has 0 N–H and O–H groups in total. The van der Waals surface area contributed by atoms with Crippen molar-refractivity contribution in [2.75, 3.05) is 6.61 Å². The van der Waals surface area contributed by atoms with Crippen LogP contribution in [0.25, 0.3) is 0 Å². The molecule has 4 rings (SSSR count). The minimum Gasteiger partial charge on any atom is -0.494 e. The van der Waals surface area contributed by atoms with Gasteiger partial charge in [0.1, 0.15) is 11.5 Å². The summed E-state index contributed by atoms with van der Waals surface area (Å²) in [4.78, 5) is 0. The van der Waals surface area contributed by atoms with Crippen LogP contribution in [-0.2, 0) is 0 Å². The molecule has 2 aromatic rings. The van der Waals surface area contributed by atoms with Crippen molar-refractivity contribution in [3.05, 3.63) is 59.7 Å². The summed E-state index contributed by atoms with van der Waals surface area (Å²) < 4.78 is 11.8. The highest BCUT2D eigenvalue weighted by Gasteiger charge is 2.41. The van der Waals surface area contributed by atoms with E-state index >= 15 is 0 Å². The third-order valence-electron chi connectivity index (χ3n) is 4.80. The van der Waals surface area contributed by atoms with Gasteiger partial charge in [-0.15, -0.1) is 0 Å². The maximum Gasteiger partial charge on any atom is 0.190 e. The maximum atomic E-state index is 6.24. The molecule has 0 saturated carbocycles. The molecule has 2 atom stereocenters. The van der Waals surface area contributed by atoms with E-state index in [0.717, 1.165) is 29.2 Å². The Bertz CT molecular complexity index is 783.